The van der Waals surface area contributed by atoms with Gasteiger partial charge in [0.1, 0.15) is 6.61 Å². The molecule has 10 heteroatoms. The minimum Gasteiger partial charge on any atom is -0.493 e. The number of nitrogens with zero attached hydrogens (tertiary/aromatic N) is 1. The van der Waals surface area contributed by atoms with E-state index in [4.69, 9.17) is 26.8 Å². The number of methoxy groups -OCH3 is 1. The Morgan fingerprint density at radius 3 is 2.71 bits per heavy atom. The third-order valence-electron chi connectivity index (χ3n) is 4.09. The molecule has 0 aliphatic carbocycles. The molecule has 7 nitrogen and oxygen atoms in total. The number of carbonyl (C=O) groups is 2. The number of rotatable bonds is 9. The Balaban J connectivity index is 1.68. The number of thiazole rings is 1. The number of benzene rings is 2. The average molecular weight is 478 g/mol. The van der Waals surface area contributed by atoms with Crippen molar-refractivity contribution < 1.29 is 19.1 Å². The number of halogens is 1. The first kappa shape index (κ1) is 22.9. The molecule has 0 radical (unpaired) electrons. The van der Waals surface area contributed by atoms with Gasteiger partial charge in [-0.3, -0.25) is 14.9 Å². The van der Waals surface area contributed by atoms with Crippen molar-refractivity contribution in [2.24, 2.45) is 5.73 Å². The predicted octanol–water partition coefficient (Wildman–Crippen LogP) is 4.52. The summed E-state index contributed by atoms with van der Waals surface area (Å²) < 4.78 is 12.0. The van der Waals surface area contributed by atoms with Gasteiger partial charge in [0, 0.05) is 16.1 Å². The van der Waals surface area contributed by atoms with Gasteiger partial charge in [-0.25, -0.2) is 4.98 Å². The van der Waals surface area contributed by atoms with Crippen LogP contribution < -0.4 is 20.5 Å². The van der Waals surface area contributed by atoms with Crippen LogP contribution in [0.25, 0.3) is 0 Å². The van der Waals surface area contributed by atoms with Gasteiger partial charge < -0.3 is 15.2 Å². The lowest BCUT2D eigenvalue weighted by atomic mass is 10.2. The number of aromatic nitrogens is 1. The van der Waals surface area contributed by atoms with Crippen molar-refractivity contribution in [2.45, 2.75) is 17.7 Å². The zero-order valence-corrected chi connectivity index (χ0v) is 19.2. The van der Waals surface area contributed by atoms with Gasteiger partial charge in [-0.2, -0.15) is 0 Å². The van der Waals surface area contributed by atoms with Gasteiger partial charge in [-0.05, 0) is 31.2 Å². The molecule has 1 heterocycles. The van der Waals surface area contributed by atoms with Crippen molar-refractivity contribution in [3.8, 4) is 11.5 Å². The maximum atomic E-state index is 12.7. The third-order valence-corrected chi connectivity index (χ3v) is 6.91. The van der Waals surface area contributed by atoms with Gasteiger partial charge in [-0.1, -0.05) is 41.1 Å². The van der Waals surface area contributed by atoms with E-state index in [-0.39, 0.29) is 18.3 Å². The molecule has 3 aromatic rings. The van der Waals surface area contributed by atoms with E-state index in [1.54, 1.807) is 24.3 Å². The lowest BCUT2D eigenvalue weighted by Crippen LogP contribution is -2.12. The highest BCUT2D eigenvalue weighted by molar-refractivity contribution is 8.01. The average Bonchev–Trinajstić information content (AvgIpc) is 3.10. The molecule has 2 aromatic carbocycles. The molecule has 3 N–H and O–H groups in total. The first-order valence-electron chi connectivity index (χ1n) is 9.11. The molecule has 162 valence electrons. The molecule has 0 atom stereocenters. The summed E-state index contributed by atoms with van der Waals surface area (Å²) in [4.78, 5) is 28.0. The summed E-state index contributed by atoms with van der Waals surface area (Å²) in [6.07, 6.45) is 0. The van der Waals surface area contributed by atoms with Crippen molar-refractivity contribution in [2.75, 3.05) is 18.2 Å². The zero-order valence-electron chi connectivity index (χ0n) is 16.8. The molecule has 0 saturated heterocycles. The highest BCUT2D eigenvalue weighted by Gasteiger charge is 2.15. The molecule has 0 bridgehead atoms. The number of aryl methyl sites for hydroxylation is 1. The van der Waals surface area contributed by atoms with E-state index in [0.717, 1.165) is 15.5 Å². The fourth-order valence-electron chi connectivity index (χ4n) is 2.57. The number of nitrogens with two attached hydrogens (primary N) is 1. The van der Waals surface area contributed by atoms with Crippen molar-refractivity contribution in [1.82, 2.24) is 4.98 Å². The lowest BCUT2D eigenvalue weighted by Gasteiger charge is -2.12. The van der Waals surface area contributed by atoms with E-state index in [1.807, 2.05) is 25.1 Å². The smallest absolute Gasteiger partial charge is 0.257 e. The predicted molar refractivity (Wildman–Crippen MR) is 124 cm³/mol. The number of anilines is 1. The van der Waals surface area contributed by atoms with Crippen LogP contribution in [0.15, 0.2) is 46.7 Å². The van der Waals surface area contributed by atoms with Crippen molar-refractivity contribution in [3.05, 3.63) is 64.3 Å². The maximum Gasteiger partial charge on any atom is 0.257 e. The molecule has 0 unspecified atom stereocenters. The van der Waals surface area contributed by atoms with Crippen LogP contribution in [0.1, 0.15) is 21.6 Å². The Bertz CT molecular complexity index is 1100. The largest absolute Gasteiger partial charge is 0.493 e. The second-order valence-corrected chi connectivity index (χ2v) is 9.00. The summed E-state index contributed by atoms with van der Waals surface area (Å²) in [7, 11) is 1.51. The summed E-state index contributed by atoms with van der Waals surface area (Å²) in [5, 5.41) is 3.82. The summed E-state index contributed by atoms with van der Waals surface area (Å²) in [6, 6.07) is 12.3. The normalized spacial score (nSPS) is 10.5. The summed E-state index contributed by atoms with van der Waals surface area (Å²) in [5.74, 6) is 0.328. The second-order valence-electron chi connectivity index (χ2n) is 6.35. The molecule has 0 fully saturated rings. The zero-order chi connectivity index (χ0) is 22.4. The Morgan fingerprint density at radius 2 is 2.00 bits per heavy atom. The lowest BCUT2D eigenvalue weighted by molar-refractivity contribution is -0.115. The standard InChI is InChI=1S/C21H20ClN3O4S2/c1-12-20(30-11-18(23)26)31-21(24-12)25-19(27)13-7-8-16(17(9-13)28-2)29-10-14-5-3-4-6-15(14)22/h3-9H,10-11H2,1-2H3,(H2,23,26)(H,24,25,27). The number of hydrogen-bond donors (Lipinski definition) is 2. The first-order valence-corrected chi connectivity index (χ1v) is 11.3. The van der Waals surface area contributed by atoms with E-state index in [0.29, 0.717) is 27.2 Å². The molecule has 0 aliphatic heterocycles. The van der Waals surface area contributed by atoms with Gasteiger partial charge >= 0.3 is 0 Å². The van der Waals surface area contributed by atoms with Crippen LogP contribution in [0.4, 0.5) is 5.13 Å². The molecule has 31 heavy (non-hydrogen) atoms. The Labute approximate surface area is 192 Å². The van der Waals surface area contributed by atoms with Crippen molar-refractivity contribution >= 4 is 51.6 Å². The van der Waals surface area contributed by atoms with Crippen molar-refractivity contribution in [1.29, 1.82) is 0 Å². The Kier molecular flexibility index (Phi) is 7.78. The number of thioether (sulfide) groups is 1. The quantitative estimate of drug-likeness (QED) is 0.439. The van der Waals surface area contributed by atoms with E-state index >= 15 is 0 Å². The first-order chi connectivity index (χ1) is 14.9. The molecule has 0 aliphatic rings. The Hall–Kier alpha value is -2.75. The fraction of sp³-hybridized carbons (Fsp3) is 0.190. The highest BCUT2D eigenvalue weighted by Crippen LogP contribution is 2.33. The van der Waals surface area contributed by atoms with E-state index in [2.05, 4.69) is 10.3 Å². The van der Waals surface area contributed by atoms with Crippen LogP contribution >= 0.6 is 34.7 Å². The van der Waals surface area contributed by atoms with Gasteiger partial charge in [0.15, 0.2) is 16.6 Å². The summed E-state index contributed by atoms with van der Waals surface area (Å²) in [6.45, 7) is 2.08. The van der Waals surface area contributed by atoms with Crippen molar-refractivity contribution in [3.63, 3.8) is 0 Å². The monoisotopic (exact) mass is 477 g/mol. The number of amides is 2. The van der Waals surface area contributed by atoms with Gasteiger partial charge in [0.25, 0.3) is 5.91 Å². The number of ether oxygens (including phenoxy) is 2. The second kappa shape index (κ2) is 10.5. The highest BCUT2D eigenvalue weighted by atomic mass is 35.5. The minimum atomic E-state index is -0.410. The summed E-state index contributed by atoms with van der Waals surface area (Å²) >= 11 is 8.75. The Morgan fingerprint density at radius 1 is 1.23 bits per heavy atom. The fourth-order valence-corrected chi connectivity index (χ4v) is 4.64. The van der Waals surface area contributed by atoms with Crippen LogP contribution in [0, 0.1) is 6.92 Å². The number of carbonyl (C=O) groups excluding carboxylic acids is 2. The van der Waals surface area contributed by atoms with Gasteiger partial charge in [0.05, 0.1) is 22.8 Å². The molecular weight excluding hydrogens is 458 g/mol. The van der Waals surface area contributed by atoms with E-state index < -0.39 is 5.91 Å². The third kappa shape index (κ3) is 6.13. The topological polar surface area (TPSA) is 104 Å². The number of nitrogens with one attached hydrogen (secondary N) is 1. The number of hydrogen-bond acceptors (Lipinski definition) is 7. The molecule has 0 saturated carbocycles. The number of primary amides is 1. The van der Waals surface area contributed by atoms with Crippen LogP contribution in [0.3, 0.4) is 0 Å². The molecular formula is C21H20ClN3O4S2. The SMILES string of the molecule is COc1cc(C(=O)Nc2nc(C)c(SCC(N)=O)s2)ccc1OCc1ccccc1Cl. The van der Waals surface area contributed by atoms with Gasteiger partial charge in [0.2, 0.25) is 5.91 Å². The molecule has 2 amide bonds. The van der Waals surface area contributed by atoms with Crippen LogP contribution in [0.5, 0.6) is 11.5 Å². The molecule has 0 spiro atoms. The maximum absolute atomic E-state index is 12.7. The van der Waals surface area contributed by atoms with Crippen LogP contribution in [-0.4, -0.2) is 29.7 Å². The minimum absolute atomic E-state index is 0.156. The van der Waals surface area contributed by atoms with Crippen LogP contribution in [-0.2, 0) is 11.4 Å². The van der Waals surface area contributed by atoms with Gasteiger partial charge in [-0.15, -0.1) is 11.8 Å². The van der Waals surface area contributed by atoms with E-state index in [1.165, 1.54) is 30.2 Å². The molecule has 3 rings (SSSR count). The molecule has 1 aromatic heterocycles. The van der Waals surface area contributed by atoms with Crippen LogP contribution in [0.2, 0.25) is 5.02 Å². The van der Waals surface area contributed by atoms with E-state index in [9.17, 15) is 9.59 Å². The summed E-state index contributed by atoms with van der Waals surface area (Å²) in [5.41, 5.74) is 7.15.